The zero-order chi connectivity index (χ0) is 13.9. The molecule has 0 aliphatic heterocycles. The van der Waals surface area contributed by atoms with E-state index in [0.29, 0.717) is 17.7 Å². The molecule has 1 aromatic carbocycles. The fraction of sp³-hybridized carbons (Fsp3) is 0.429. The van der Waals surface area contributed by atoms with Gasteiger partial charge in [-0.15, -0.1) is 0 Å². The van der Waals surface area contributed by atoms with Gasteiger partial charge in [-0.05, 0) is 36.1 Å². The minimum atomic E-state index is -0.958. The van der Waals surface area contributed by atoms with E-state index in [1.54, 1.807) is 19.1 Å². The van der Waals surface area contributed by atoms with E-state index in [4.69, 9.17) is 5.11 Å². The molecule has 98 valence electrons. The molecular weight excluding hydrogens is 230 g/mol. The average Bonchev–Trinajstić information content (AvgIpc) is 2.13. The summed E-state index contributed by atoms with van der Waals surface area (Å²) in [5.74, 6) is -1.02. The molecule has 0 aliphatic carbocycles. The van der Waals surface area contributed by atoms with Crippen molar-refractivity contribution in [3.63, 3.8) is 0 Å². The summed E-state index contributed by atoms with van der Waals surface area (Å²) in [5, 5.41) is 11.7. The van der Waals surface area contributed by atoms with Crippen LogP contribution in [0.1, 0.15) is 43.1 Å². The summed E-state index contributed by atoms with van der Waals surface area (Å²) >= 11 is 0. The van der Waals surface area contributed by atoms with Crippen LogP contribution < -0.4 is 5.32 Å². The molecule has 0 aromatic heterocycles. The fourth-order valence-electron chi connectivity index (χ4n) is 1.67. The van der Waals surface area contributed by atoms with E-state index in [9.17, 15) is 9.59 Å². The number of amides is 1. The lowest BCUT2D eigenvalue weighted by atomic mass is 9.92. The van der Waals surface area contributed by atoms with Crippen molar-refractivity contribution in [2.24, 2.45) is 5.41 Å². The third-order valence-electron chi connectivity index (χ3n) is 2.43. The fourth-order valence-corrected chi connectivity index (χ4v) is 1.67. The zero-order valence-corrected chi connectivity index (χ0v) is 11.2. The van der Waals surface area contributed by atoms with E-state index in [0.717, 1.165) is 0 Å². The largest absolute Gasteiger partial charge is 0.478 e. The summed E-state index contributed by atoms with van der Waals surface area (Å²) in [6.45, 7) is 7.69. The lowest BCUT2D eigenvalue weighted by Gasteiger charge is -2.17. The Bertz CT molecular complexity index is 472. The maximum atomic E-state index is 11.7. The monoisotopic (exact) mass is 249 g/mol. The number of benzene rings is 1. The van der Waals surface area contributed by atoms with Crippen molar-refractivity contribution in [2.75, 3.05) is 5.32 Å². The summed E-state index contributed by atoms with van der Waals surface area (Å²) in [6.07, 6.45) is 0.423. The molecule has 0 spiro atoms. The van der Waals surface area contributed by atoms with Crippen LogP contribution in [-0.2, 0) is 4.79 Å². The quantitative estimate of drug-likeness (QED) is 0.865. The number of carbonyl (C=O) groups is 2. The van der Waals surface area contributed by atoms with Gasteiger partial charge in [0.05, 0.1) is 5.56 Å². The molecule has 0 fully saturated rings. The van der Waals surface area contributed by atoms with Crippen LogP contribution in [0, 0.1) is 12.3 Å². The molecule has 18 heavy (non-hydrogen) atoms. The van der Waals surface area contributed by atoms with Gasteiger partial charge in [0.15, 0.2) is 0 Å². The van der Waals surface area contributed by atoms with E-state index >= 15 is 0 Å². The van der Waals surface area contributed by atoms with Crippen LogP contribution in [0.15, 0.2) is 18.2 Å². The molecule has 0 atom stereocenters. The van der Waals surface area contributed by atoms with Gasteiger partial charge >= 0.3 is 5.97 Å². The second-order valence-electron chi connectivity index (χ2n) is 5.62. The predicted octanol–water partition coefficient (Wildman–Crippen LogP) is 3.07. The first kappa shape index (κ1) is 14.2. The Kier molecular flexibility index (Phi) is 4.11. The summed E-state index contributed by atoms with van der Waals surface area (Å²) in [6, 6.07) is 4.78. The number of carbonyl (C=O) groups excluding carboxylic acids is 1. The summed E-state index contributed by atoms with van der Waals surface area (Å²) in [7, 11) is 0. The van der Waals surface area contributed by atoms with Crippen LogP contribution >= 0.6 is 0 Å². The van der Waals surface area contributed by atoms with Gasteiger partial charge in [0.1, 0.15) is 0 Å². The van der Waals surface area contributed by atoms with Crippen LogP contribution in [0.2, 0.25) is 0 Å². The summed E-state index contributed by atoms with van der Waals surface area (Å²) in [5.41, 5.74) is 1.45. The highest BCUT2D eigenvalue weighted by Crippen LogP contribution is 2.20. The minimum Gasteiger partial charge on any atom is -0.478 e. The Morgan fingerprint density at radius 3 is 2.33 bits per heavy atom. The Balaban J connectivity index is 2.78. The van der Waals surface area contributed by atoms with Gasteiger partial charge in [-0.2, -0.15) is 0 Å². The number of aromatic carboxylic acids is 1. The standard InChI is InChI=1S/C14H19NO3/c1-9-7-10(5-6-11(9)13(17)18)15-12(16)8-14(2,3)4/h5-7H,8H2,1-4H3,(H,15,16)(H,17,18). The molecule has 0 bridgehead atoms. The third kappa shape index (κ3) is 4.20. The SMILES string of the molecule is Cc1cc(NC(=O)CC(C)(C)C)ccc1C(=O)O. The van der Waals surface area contributed by atoms with Gasteiger partial charge in [0, 0.05) is 12.1 Å². The van der Waals surface area contributed by atoms with Gasteiger partial charge in [0.2, 0.25) is 5.91 Å². The van der Waals surface area contributed by atoms with E-state index in [2.05, 4.69) is 5.32 Å². The van der Waals surface area contributed by atoms with Gasteiger partial charge < -0.3 is 10.4 Å². The number of carboxylic acids is 1. The molecule has 1 amide bonds. The zero-order valence-electron chi connectivity index (χ0n) is 11.2. The topological polar surface area (TPSA) is 66.4 Å². The van der Waals surface area contributed by atoms with E-state index in [1.807, 2.05) is 20.8 Å². The maximum Gasteiger partial charge on any atom is 0.335 e. The number of rotatable bonds is 3. The Labute approximate surface area is 107 Å². The first-order valence-corrected chi connectivity index (χ1v) is 5.83. The van der Waals surface area contributed by atoms with Crippen LogP contribution in [0.25, 0.3) is 0 Å². The number of aryl methyl sites for hydroxylation is 1. The molecule has 1 rings (SSSR count). The Morgan fingerprint density at radius 1 is 1.28 bits per heavy atom. The number of nitrogens with one attached hydrogen (secondary N) is 1. The van der Waals surface area contributed by atoms with Gasteiger partial charge in [-0.1, -0.05) is 20.8 Å². The molecule has 0 aliphatic rings. The lowest BCUT2D eigenvalue weighted by Crippen LogP contribution is -2.19. The first-order chi connectivity index (χ1) is 8.19. The molecule has 0 unspecified atom stereocenters. The van der Waals surface area contributed by atoms with E-state index in [-0.39, 0.29) is 16.9 Å². The Hall–Kier alpha value is -1.84. The van der Waals surface area contributed by atoms with Gasteiger partial charge in [0.25, 0.3) is 0 Å². The van der Waals surface area contributed by atoms with Crippen molar-refractivity contribution in [1.82, 2.24) is 0 Å². The molecule has 4 heteroatoms. The van der Waals surface area contributed by atoms with E-state index < -0.39 is 5.97 Å². The highest BCUT2D eigenvalue weighted by atomic mass is 16.4. The van der Waals surface area contributed by atoms with Crippen LogP contribution in [0.4, 0.5) is 5.69 Å². The third-order valence-corrected chi connectivity index (χ3v) is 2.43. The highest BCUT2D eigenvalue weighted by Gasteiger charge is 2.16. The molecule has 0 heterocycles. The van der Waals surface area contributed by atoms with Crippen molar-refractivity contribution >= 4 is 17.6 Å². The smallest absolute Gasteiger partial charge is 0.335 e. The van der Waals surface area contributed by atoms with Crippen LogP contribution in [0.3, 0.4) is 0 Å². The van der Waals surface area contributed by atoms with Crippen molar-refractivity contribution in [2.45, 2.75) is 34.1 Å². The molecule has 1 aromatic rings. The maximum absolute atomic E-state index is 11.7. The van der Waals surface area contributed by atoms with Crippen molar-refractivity contribution in [1.29, 1.82) is 0 Å². The molecule has 0 saturated heterocycles. The first-order valence-electron chi connectivity index (χ1n) is 5.83. The number of hydrogen-bond donors (Lipinski definition) is 2. The highest BCUT2D eigenvalue weighted by molar-refractivity contribution is 5.93. The Morgan fingerprint density at radius 2 is 1.89 bits per heavy atom. The number of hydrogen-bond acceptors (Lipinski definition) is 2. The van der Waals surface area contributed by atoms with Crippen molar-refractivity contribution in [3.8, 4) is 0 Å². The molecule has 0 radical (unpaired) electrons. The van der Waals surface area contributed by atoms with E-state index in [1.165, 1.54) is 6.07 Å². The summed E-state index contributed by atoms with van der Waals surface area (Å²) in [4.78, 5) is 22.6. The van der Waals surface area contributed by atoms with Crippen LogP contribution in [-0.4, -0.2) is 17.0 Å². The normalized spacial score (nSPS) is 11.1. The van der Waals surface area contributed by atoms with Gasteiger partial charge in [-0.25, -0.2) is 4.79 Å². The van der Waals surface area contributed by atoms with Crippen molar-refractivity contribution in [3.05, 3.63) is 29.3 Å². The number of anilines is 1. The average molecular weight is 249 g/mol. The second-order valence-corrected chi connectivity index (χ2v) is 5.62. The lowest BCUT2D eigenvalue weighted by molar-refractivity contribution is -0.117. The molecule has 0 saturated carbocycles. The minimum absolute atomic E-state index is 0.0648. The number of carboxylic acid groups (broad SMARTS) is 1. The summed E-state index contributed by atoms with van der Waals surface area (Å²) < 4.78 is 0. The predicted molar refractivity (Wildman–Crippen MR) is 70.8 cm³/mol. The molecular formula is C14H19NO3. The van der Waals surface area contributed by atoms with Crippen LogP contribution in [0.5, 0.6) is 0 Å². The van der Waals surface area contributed by atoms with Crippen molar-refractivity contribution < 1.29 is 14.7 Å². The second kappa shape index (κ2) is 5.21. The molecule has 4 nitrogen and oxygen atoms in total. The van der Waals surface area contributed by atoms with Gasteiger partial charge in [-0.3, -0.25) is 4.79 Å². The molecule has 2 N–H and O–H groups in total.